The Balaban J connectivity index is 2.29. The van der Waals surface area contributed by atoms with E-state index in [1.54, 1.807) is 12.1 Å². The fraction of sp³-hybridized carbons (Fsp3) is 0.250. The van der Waals surface area contributed by atoms with E-state index in [1.165, 1.54) is 5.56 Å². The van der Waals surface area contributed by atoms with Crippen LogP contribution in [0.25, 0.3) is 0 Å². The van der Waals surface area contributed by atoms with Crippen LogP contribution in [0.2, 0.25) is 10.0 Å². The largest absolute Gasteiger partial charge is 0.396 e. The first kappa shape index (κ1) is 14.4. The Morgan fingerprint density at radius 1 is 1.11 bits per heavy atom. The molecule has 1 N–H and O–H groups in total. The number of hydrogen-bond donors (Lipinski definition) is 1. The van der Waals surface area contributed by atoms with Crippen LogP contribution in [-0.4, -0.2) is 11.7 Å². The highest BCUT2D eigenvalue weighted by atomic mass is 35.5. The predicted molar refractivity (Wildman–Crippen MR) is 81.2 cm³/mol. The van der Waals surface area contributed by atoms with Crippen LogP contribution in [0.1, 0.15) is 22.6 Å². The lowest BCUT2D eigenvalue weighted by Gasteiger charge is -2.18. The van der Waals surface area contributed by atoms with Gasteiger partial charge in [-0.1, -0.05) is 47.5 Å². The molecule has 0 radical (unpaired) electrons. The molecule has 100 valence electrons. The summed E-state index contributed by atoms with van der Waals surface area (Å²) in [5.74, 6) is 0.0390. The first-order valence-electron chi connectivity index (χ1n) is 6.22. The molecule has 2 aromatic rings. The Bertz CT molecular complexity index is 566. The molecule has 1 atom stereocenters. The minimum atomic E-state index is 0.0390. The lowest BCUT2D eigenvalue weighted by molar-refractivity contribution is 0.264. The number of rotatable bonds is 4. The van der Waals surface area contributed by atoms with Crippen molar-refractivity contribution in [1.82, 2.24) is 0 Å². The summed E-state index contributed by atoms with van der Waals surface area (Å²) in [5.41, 5.74) is 3.30. The summed E-state index contributed by atoms with van der Waals surface area (Å²) in [7, 11) is 0. The minimum Gasteiger partial charge on any atom is -0.396 e. The Hall–Kier alpha value is -1.02. The van der Waals surface area contributed by atoms with Gasteiger partial charge >= 0.3 is 0 Å². The van der Waals surface area contributed by atoms with Gasteiger partial charge in [0.15, 0.2) is 0 Å². The third-order valence-corrected chi connectivity index (χ3v) is 3.93. The molecular formula is C16H16Cl2O. The molecule has 0 spiro atoms. The minimum absolute atomic E-state index is 0.0390. The summed E-state index contributed by atoms with van der Waals surface area (Å²) in [4.78, 5) is 0. The summed E-state index contributed by atoms with van der Waals surface area (Å²) in [6.07, 6.45) is 0.681. The number of aryl methyl sites for hydroxylation is 1. The van der Waals surface area contributed by atoms with Crippen molar-refractivity contribution < 1.29 is 5.11 Å². The fourth-order valence-electron chi connectivity index (χ4n) is 2.28. The second-order valence-corrected chi connectivity index (χ2v) is 5.52. The van der Waals surface area contributed by atoms with Crippen LogP contribution >= 0.6 is 23.2 Å². The third-order valence-electron chi connectivity index (χ3n) is 3.32. The molecule has 0 saturated carbocycles. The molecule has 3 heteroatoms. The van der Waals surface area contributed by atoms with Crippen LogP contribution in [0.4, 0.5) is 0 Å². The molecule has 2 rings (SSSR count). The highest BCUT2D eigenvalue weighted by Crippen LogP contribution is 2.28. The lowest BCUT2D eigenvalue weighted by Crippen LogP contribution is -2.09. The molecule has 0 fully saturated rings. The molecule has 19 heavy (non-hydrogen) atoms. The highest BCUT2D eigenvalue weighted by Gasteiger charge is 2.15. The Labute approximate surface area is 123 Å². The molecule has 0 aliphatic heterocycles. The normalized spacial score (nSPS) is 12.4. The second-order valence-electron chi connectivity index (χ2n) is 4.68. The SMILES string of the molecule is Cc1ccccc1C(CO)Cc1cc(Cl)ccc1Cl. The fourth-order valence-corrected chi connectivity index (χ4v) is 2.67. The third kappa shape index (κ3) is 3.50. The van der Waals surface area contributed by atoms with E-state index < -0.39 is 0 Å². The van der Waals surface area contributed by atoms with Crippen molar-refractivity contribution in [1.29, 1.82) is 0 Å². The van der Waals surface area contributed by atoms with Gasteiger partial charge in [0.2, 0.25) is 0 Å². The molecule has 0 heterocycles. The number of hydrogen-bond acceptors (Lipinski definition) is 1. The standard InChI is InChI=1S/C16H16Cl2O/c1-11-4-2-3-5-15(11)13(10-19)8-12-9-14(17)6-7-16(12)18/h2-7,9,13,19H,8,10H2,1H3. The molecule has 0 aliphatic rings. The van der Waals surface area contributed by atoms with E-state index in [-0.39, 0.29) is 12.5 Å². The molecule has 0 amide bonds. The topological polar surface area (TPSA) is 20.2 Å². The van der Waals surface area contributed by atoms with E-state index in [0.29, 0.717) is 16.5 Å². The van der Waals surface area contributed by atoms with Gasteiger partial charge in [0.1, 0.15) is 0 Å². The van der Waals surface area contributed by atoms with Gasteiger partial charge in [-0.3, -0.25) is 0 Å². The van der Waals surface area contributed by atoms with Crippen LogP contribution in [0.15, 0.2) is 42.5 Å². The first-order chi connectivity index (χ1) is 9.11. The van der Waals surface area contributed by atoms with Crippen LogP contribution in [-0.2, 0) is 6.42 Å². The van der Waals surface area contributed by atoms with Crippen molar-refractivity contribution in [2.45, 2.75) is 19.3 Å². The zero-order chi connectivity index (χ0) is 13.8. The quantitative estimate of drug-likeness (QED) is 0.872. The molecule has 1 nitrogen and oxygen atoms in total. The lowest BCUT2D eigenvalue weighted by atomic mass is 9.90. The molecule has 0 aromatic heterocycles. The smallest absolute Gasteiger partial charge is 0.0503 e. The maximum Gasteiger partial charge on any atom is 0.0503 e. The van der Waals surface area contributed by atoms with Crippen molar-refractivity contribution in [2.75, 3.05) is 6.61 Å². The van der Waals surface area contributed by atoms with Crippen LogP contribution in [0.3, 0.4) is 0 Å². The van der Waals surface area contributed by atoms with Gasteiger partial charge in [-0.25, -0.2) is 0 Å². The summed E-state index contributed by atoms with van der Waals surface area (Å²) in [6, 6.07) is 13.5. The second kappa shape index (κ2) is 6.42. The number of benzene rings is 2. The molecule has 0 aliphatic carbocycles. The summed E-state index contributed by atoms with van der Waals surface area (Å²) in [6.45, 7) is 2.14. The van der Waals surface area contributed by atoms with Gasteiger partial charge in [-0.15, -0.1) is 0 Å². The number of aliphatic hydroxyl groups excluding tert-OH is 1. The average molecular weight is 295 g/mol. The Kier molecular flexibility index (Phi) is 4.87. The van der Waals surface area contributed by atoms with E-state index in [4.69, 9.17) is 23.2 Å². The molecular weight excluding hydrogens is 279 g/mol. The van der Waals surface area contributed by atoms with Crippen molar-refractivity contribution in [3.63, 3.8) is 0 Å². The van der Waals surface area contributed by atoms with Crippen molar-refractivity contribution in [3.8, 4) is 0 Å². The van der Waals surface area contributed by atoms with Gasteiger partial charge in [0.05, 0.1) is 6.61 Å². The summed E-state index contributed by atoms with van der Waals surface area (Å²) >= 11 is 12.2. The highest BCUT2D eigenvalue weighted by molar-refractivity contribution is 6.33. The van der Waals surface area contributed by atoms with Gasteiger partial charge in [-0.2, -0.15) is 0 Å². The van der Waals surface area contributed by atoms with E-state index in [0.717, 1.165) is 11.1 Å². The van der Waals surface area contributed by atoms with E-state index in [9.17, 15) is 5.11 Å². The van der Waals surface area contributed by atoms with Gasteiger partial charge in [0, 0.05) is 16.0 Å². The van der Waals surface area contributed by atoms with Crippen molar-refractivity contribution in [3.05, 3.63) is 69.2 Å². The average Bonchev–Trinajstić information content (AvgIpc) is 2.41. The van der Waals surface area contributed by atoms with Crippen LogP contribution in [0.5, 0.6) is 0 Å². The molecule has 1 unspecified atom stereocenters. The summed E-state index contributed by atoms with van der Waals surface area (Å²) in [5, 5.41) is 11.0. The molecule has 0 saturated heterocycles. The van der Waals surface area contributed by atoms with Gasteiger partial charge in [-0.05, 0) is 48.2 Å². The monoisotopic (exact) mass is 294 g/mol. The van der Waals surface area contributed by atoms with E-state index in [1.807, 2.05) is 18.2 Å². The van der Waals surface area contributed by atoms with Gasteiger partial charge < -0.3 is 5.11 Å². The Morgan fingerprint density at radius 3 is 2.53 bits per heavy atom. The Morgan fingerprint density at radius 2 is 1.84 bits per heavy atom. The zero-order valence-electron chi connectivity index (χ0n) is 10.7. The van der Waals surface area contributed by atoms with Gasteiger partial charge in [0.25, 0.3) is 0 Å². The van der Waals surface area contributed by atoms with E-state index >= 15 is 0 Å². The maximum atomic E-state index is 9.65. The maximum absolute atomic E-state index is 9.65. The van der Waals surface area contributed by atoms with E-state index in [2.05, 4.69) is 19.1 Å². The van der Waals surface area contributed by atoms with Crippen molar-refractivity contribution >= 4 is 23.2 Å². The zero-order valence-corrected chi connectivity index (χ0v) is 12.2. The number of aliphatic hydroxyl groups is 1. The van der Waals surface area contributed by atoms with Crippen LogP contribution in [0, 0.1) is 6.92 Å². The predicted octanol–water partition coefficient (Wildman–Crippen LogP) is 4.62. The molecule has 2 aromatic carbocycles. The first-order valence-corrected chi connectivity index (χ1v) is 6.97. The molecule has 0 bridgehead atoms. The van der Waals surface area contributed by atoms with Crippen LogP contribution < -0.4 is 0 Å². The van der Waals surface area contributed by atoms with Crippen molar-refractivity contribution in [2.24, 2.45) is 0 Å². The summed E-state index contributed by atoms with van der Waals surface area (Å²) < 4.78 is 0. The number of halogens is 2.